The average molecular weight is 445 g/mol. The topological polar surface area (TPSA) is 128 Å². The van der Waals surface area contributed by atoms with Crippen LogP contribution in [0.3, 0.4) is 0 Å². The average Bonchev–Trinajstić information content (AvgIpc) is 2.51. The molecule has 0 atom stereocenters. The lowest BCUT2D eigenvalue weighted by molar-refractivity contribution is -0.387. The van der Waals surface area contributed by atoms with Gasteiger partial charge in [0.1, 0.15) is 5.82 Å². The van der Waals surface area contributed by atoms with Crippen molar-refractivity contribution in [3.8, 4) is 17.4 Å². The second-order valence-corrected chi connectivity index (χ2v) is 5.61. The zero-order valence-corrected chi connectivity index (χ0v) is 14.7. The summed E-state index contributed by atoms with van der Waals surface area (Å²) in [6.07, 6.45) is 3.01. The quantitative estimate of drug-likeness (QED) is 0.410. The second kappa shape index (κ2) is 7.29. The van der Waals surface area contributed by atoms with Crippen molar-refractivity contribution in [3.63, 3.8) is 0 Å². The molecule has 0 aliphatic carbocycles. The van der Waals surface area contributed by atoms with E-state index in [4.69, 9.17) is 9.47 Å². The van der Waals surface area contributed by atoms with Crippen LogP contribution in [0.25, 0.3) is 12.2 Å². The molecule has 0 saturated heterocycles. The minimum absolute atomic E-state index is 0.0205. The number of benzene rings is 1. The fourth-order valence-corrected chi connectivity index (χ4v) is 2.77. The second-order valence-electron chi connectivity index (χ2n) is 4.45. The van der Waals surface area contributed by atoms with Gasteiger partial charge in [0, 0.05) is 0 Å². The van der Waals surface area contributed by atoms with Gasteiger partial charge >= 0.3 is 11.2 Å². The fraction of sp³-hybridized carbons (Fsp3) is 0.143. The van der Waals surface area contributed by atoms with Crippen LogP contribution in [0.1, 0.15) is 11.4 Å². The summed E-state index contributed by atoms with van der Waals surface area (Å²) in [4.78, 5) is 27.0. The van der Waals surface area contributed by atoms with Crippen molar-refractivity contribution in [1.29, 1.82) is 0 Å². The first-order chi connectivity index (χ1) is 11.4. The molecule has 2 rings (SSSR count). The van der Waals surface area contributed by atoms with Gasteiger partial charge in [-0.2, -0.15) is 4.98 Å². The van der Waals surface area contributed by atoms with Gasteiger partial charge in [-0.25, -0.2) is 0 Å². The molecule has 0 bridgehead atoms. The zero-order valence-electron chi connectivity index (χ0n) is 12.6. The lowest BCUT2D eigenvalue weighted by atomic mass is 10.2. The summed E-state index contributed by atoms with van der Waals surface area (Å²) in [6, 6.07) is 3.52. The van der Waals surface area contributed by atoms with Crippen LogP contribution in [0.2, 0.25) is 0 Å². The van der Waals surface area contributed by atoms with Gasteiger partial charge in [-0.1, -0.05) is 6.08 Å². The number of aromatic hydroxyl groups is 1. The van der Waals surface area contributed by atoms with Gasteiger partial charge in [0.2, 0.25) is 0 Å². The van der Waals surface area contributed by atoms with E-state index in [0.717, 1.165) is 9.13 Å². The highest BCUT2D eigenvalue weighted by molar-refractivity contribution is 14.1. The summed E-state index contributed by atoms with van der Waals surface area (Å²) in [6.45, 7) is 0. The summed E-state index contributed by atoms with van der Waals surface area (Å²) in [7, 11) is 3.04. The number of ether oxygens (including phenoxy) is 2. The van der Waals surface area contributed by atoms with Crippen LogP contribution < -0.4 is 15.0 Å². The highest BCUT2D eigenvalue weighted by Gasteiger charge is 2.21. The SMILES string of the molecule is COc1cc(/C=C\c2nc(O)c([N+](=O)[O-])c(=O)[nH]2)cc(I)c1OC. The van der Waals surface area contributed by atoms with Crippen molar-refractivity contribution >= 4 is 40.4 Å². The van der Waals surface area contributed by atoms with Crippen molar-refractivity contribution in [2.45, 2.75) is 0 Å². The molecule has 0 fully saturated rings. The smallest absolute Gasteiger partial charge is 0.395 e. The van der Waals surface area contributed by atoms with Gasteiger partial charge in [-0.3, -0.25) is 14.9 Å². The molecular weight excluding hydrogens is 433 g/mol. The van der Waals surface area contributed by atoms with Crippen molar-refractivity contribution < 1.29 is 19.5 Å². The molecule has 2 N–H and O–H groups in total. The molecule has 126 valence electrons. The number of halogens is 1. The van der Waals surface area contributed by atoms with E-state index in [9.17, 15) is 20.0 Å². The number of nitro groups is 1. The summed E-state index contributed by atoms with van der Waals surface area (Å²) in [5.41, 5.74) is -1.31. The van der Waals surface area contributed by atoms with Crippen LogP contribution >= 0.6 is 22.6 Å². The van der Waals surface area contributed by atoms with Crippen LogP contribution in [0.15, 0.2) is 16.9 Å². The Morgan fingerprint density at radius 3 is 2.58 bits per heavy atom. The number of H-pyrrole nitrogens is 1. The van der Waals surface area contributed by atoms with Crippen LogP contribution in [0, 0.1) is 13.7 Å². The van der Waals surface area contributed by atoms with E-state index in [-0.39, 0.29) is 5.82 Å². The summed E-state index contributed by atoms with van der Waals surface area (Å²) in [5, 5.41) is 20.1. The third-order valence-electron chi connectivity index (χ3n) is 2.97. The molecule has 1 aromatic carbocycles. The van der Waals surface area contributed by atoms with E-state index in [2.05, 4.69) is 32.6 Å². The molecule has 0 saturated carbocycles. The first-order valence-electron chi connectivity index (χ1n) is 6.44. The Balaban J connectivity index is 2.40. The lowest BCUT2D eigenvalue weighted by Crippen LogP contribution is -2.14. The number of nitrogens with one attached hydrogen (secondary N) is 1. The third-order valence-corrected chi connectivity index (χ3v) is 3.77. The van der Waals surface area contributed by atoms with E-state index in [0.29, 0.717) is 11.5 Å². The first kappa shape index (κ1) is 17.7. The number of hydrogen-bond acceptors (Lipinski definition) is 7. The minimum Gasteiger partial charge on any atom is -0.493 e. The Labute approximate surface area is 149 Å². The summed E-state index contributed by atoms with van der Waals surface area (Å²) < 4.78 is 11.3. The molecule has 0 unspecified atom stereocenters. The van der Waals surface area contributed by atoms with Crippen molar-refractivity contribution in [3.05, 3.63) is 47.6 Å². The number of rotatable bonds is 5. The van der Waals surface area contributed by atoms with E-state index < -0.39 is 22.0 Å². The van der Waals surface area contributed by atoms with Gasteiger partial charge in [0.25, 0.3) is 5.88 Å². The van der Waals surface area contributed by atoms with Crippen LogP contribution in [0.5, 0.6) is 17.4 Å². The maximum Gasteiger partial charge on any atom is 0.395 e. The highest BCUT2D eigenvalue weighted by atomic mass is 127. The Hall–Kier alpha value is -2.63. The number of nitrogens with zero attached hydrogens (tertiary/aromatic N) is 2. The molecule has 0 radical (unpaired) electrons. The number of hydrogen-bond donors (Lipinski definition) is 2. The van der Waals surface area contributed by atoms with E-state index in [1.54, 1.807) is 12.1 Å². The van der Waals surface area contributed by atoms with Gasteiger partial charge in [0.05, 0.1) is 22.7 Å². The molecule has 2 aromatic rings. The van der Waals surface area contributed by atoms with Crippen molar-refractivity contribution in [2.24, 2.45) is 0 Å². The van der Waals surface area contributed by atoms with Crippen molar-refractivity contribution in [2.75, 3.05) is 14.2 Å². The monoisotopic (exact) mass is 445 g/mol. The fourth-order valence-electron chi connectivity index (χ4n) is 1.92. The molecule has 0 aliphatic rings. The molecule has 24 heavy (non-hydrogen) atoms. The molecule has 1 heterocycles. The van der Waals surface area contributed by atoms with Gasteiger partial charge in [0.15, 0.2) is 11.5 Å². The predicted octanol–water partition coefficient (Wildman–Crippen LogP) is 2.18. The van der Waals surface area contributed by atoms with E-state index in [1.165, 1.54) is 20.3 Å². The summed E-state index contributed by atoms with van der Waals surface area (Å²) >= 11 is 2.08. The molecule has 0 aliphatic heterocycles. The molecule has 10 heteroatoms. The number of aromatic amines is 1. The standard InChI is InChI=1S/C14H12IN3O6/c1-23-9-6-7(5-8(15)12(9)24-2)3-4-10-16-13(19)11(18(21)22)14(20)17-10/h3-6H,1-2H3,(H2,16,17,19,20)/b4-3-. The van der Waals surface area contributed by atoms with E-state index >= 15 is 0 Å². The Bertz CT molecular complexity index is 878. The Morgan fingerprint density at radius 1 is 1.33 bits per heavy atom. The minimum atomic E-state index is -1.03. The Kier molecular flexibility index (Phi) is 5.39. The predicted molar refractivity (Wildman–Crippen MR) is 94.4 cm³/mol. The molecule has 0 amide bonds. The van der Waals surface area contributed by atoms with Crippen molar-refractivity contribution in [1.82, 2.24) is 9.97 Å². The molecule has 9 nitrogen and oxygen atoms in total. The number of methoxy groups -OCH3 is 2. The molecular formula is C14H12IN3O6. The van der Waals surface area contributed by atoms with Crippen LogP contribution in [0.4, 0.5) is 5.69 Å². The largest absolute Gasteiger partial charge is 0.493 e. The van der Waals surface area contributed by atoms with Crippen LogP contribution in [-0.2, 0) is 0 Å². The van der Waals surface area contributed by atoms with Gasteiger partial charge in [-0.05, 0) is 46.4 Å². The lowest BCUT2D eigenvalue weighted by Gasteiger charge is -2.10. The zero-order chi connectivity index (χ0) is 17.9. The first-order valence-corrected chi connectivity index (χ1v) is 7.52. The summed E-state index contributed by atoms with van der Waals surface area (Å²) in [5.74, 6) is 0.157. The number of aromatic nitrogens is 2. The normalized spacial score (nSPS) is 10.8. The van der Waals surface area contributed by atoms with Gasteiger partial charge in [-0.15, -0.1) is 0 Å². The molecule has 0 spiro atoms. The van der Waals surface area contributed by atoms with Gasteiger partial charge < -0.3 is 19.6 Å². The van der Waals surface area contributed by atoms with Crippen LogP contribution in [-0.4, -0.2) is 34.2 Å². The highest BCUT2D eigenvalue weighted by Crippen LogP contribution is 2.34. The maximum absolute atomic E-state index is 11.6. The third kappa shape index (κ3) is 3.64. The Morgan fingerprint density at radius 2 is 2.04 bits per heavy atom. The van der Waals surface area contributed by atoms with E-state index in [1.807, 2.05) is 6.07 Å². The maximum atomic E-state index is 11.6. The molecule has 1 aromatic heterocycles.